The number of carbonyl (C=O) groups excluding carboxylic acids is 1. The van der Waals surface area contributed by atoms with Crippen LogP contribution in [-0.2, 0) is 4.79 Å². The predicted octanol–water partition coefficient (Wildman–Crippen LogP) is 2.66. The van der Waals surface area contributed by atoms with Gasteiger partial charge in [0.2, 0.25) is 5.91 Å². The number of benzene rings is 1. The maximum absolute atomic E-state index is 11.9. The molecule has 0 fully saturated rings. The average Bonchev–Trinajstić information content (AvgIpc) is 2.36. The molecule has 18 heavy (non-hydrogen) atoms. The number of amides is 1. The maximum Gasteiger partial charge on any atom is 0.228 e. The van der Waals surface area contributed by atoms with Crippen LogP contribution < -0.4 is 15.8 Å². The third-order valence-electron chi connectivity index (χ3n) is 2.71. The van der Waals surface area contributed by atoms with Gasteiger partial charge in [0.05, 0.1) is 18.1 Å². The predicted molar refractivity (Wildman–Crippen MR) is 74.1 cm³/mol. The molecular weight excluding hydrogens is 252 g/mol. The molecule has 0 saturated heterocycles. The van der Waals surface area contributed by atoms with Crippen molar-refractivity contribution >= 4 is 23.2 Å². The van der Waals surface area contributed by atoms with E-state index in [2.05, 4.69) is 5.32 Å². The number of rotatable bonds is 6. The number of ether oxygens (including phenoxy) is 1. The summed E-state index contributed by atoms with van der Waals surface area (Å²) in [5, 5.41) is 3.28. The van der Waals surface area contributed by atoms with Gasteiger partial charge in [0.15, 0.2) is 0 Å². The summed E-state index contributed by atoms with van der Waals surface area (Å²) in [6.07, 6.45) is 1.71. The van der Waals surface area contributed by atoms with Gasteiger partial charge in [-0.2, -0.15) is 0 Å². The van der Waals surface area contributed by atoms with E-state index < -0.39 is 0 Å². The topological polar surface area (TPSA) is 64.4 Å². The largest absolute Gasteiger partial charge is 0.495 e. The first-order chi connectivity index (χ1) is 8.62. The van der Waals surface area contributed by atoms with E-state index in [1.54, 1.807) is 25.3 Å². The van der Waals surface area contributed by atoms with Crippen LogP contribution in [0.25, 0.3) is 0 Å². The van der Waals surface area contributed by atoms with Gasteiger partial charge >= 0.3 is 0 Å². The van der Waals surface area contributed by atoms with Gasteiger partial charge in [0, 0.05) is 12.2 Å². The molecule has 0 spiro atoms. The highest BCUT2D eigenvalue weighted by Crippen LogP contribution is 2.27. The van der Waals surface area contributed by atoms with Crippen LogP contribution in [0, 0.1) is 5.92 Å². The first kappa shape index (κ1) is 14.8. The number of carbonyl (C=O) groups is 1. The Balaban J connectivity index is 2.72. The first-order valence-corrected chi connectivity index (χ1v) is 6.34. The van der Waals surface area contributed by atoms with Crippen LogP contribution >= 0.6 is 11.6 Å². The smallest absolute Gasteiger partial charge is 0.228 e. The van der Waals surface area contributed by atoms with Gasteiger partial charge in [0.25, 0.3) is 0 Å². The Morgan fingerprint density at radius 1 is 1.56 bits per heavy atom. The minimum Gasteiger partial charge on any atom is -0.495 e. The summed E-state index contributed by atoms with van der Waals surface area (Å²) in [4.78, 5) is 11.9. The van der Waals surface area contributed by atoms with Crippen LogP contribution in [0.1, 0.15) is 19.8 Å². The second-order valence-electron chi connectivity index (χ2n) is 4.06. The summed E-state index contributed by atoms with van der Waals surface area (Å²) in [6, 6.07) is 5.13. The summed E-state index contributed by atoms with van der Waals surface area (Å²) in [5.41, 5.74) is 6.24. The molecule has 0 aliphatic carbocycles. The molecule has 0 heterocycles. The van der Waals surface area contributed by atoms with Gasteiger partial charge in [-0.15, -0.1) is 0 Å². The first-order valence-electron chi connectivity index (χ1n) is 5.96. The lowest BCUT2D eigenvalue weighted by Crippen LogP contribution is -2.29. The molecule has 1 amide bonds. The molecule has 0 bridgehead atoms. The van der Waals surface area contributed by atoms with Gasteiger partial charge in [-0.25, -0.2) is 0 Å². The van der Waals surface area contributed by atoms with Gasteiger partial charge in [0.1, 0.15) is 5.75 Å². The molecule has 1 rings (SSSR count). The Morgan fingerprint density at radius 3 is 2.78 bits per heavy atom. The maximum atomic E-state index is 11.9. The Bertz CT molecular complexity index is 410. The number of hydrogen-bond acceptors (Lipinski definition) is 3. The van der Waals surface area contributed by atoms with Crippen LogP contribution in [-0.4, -0.2) is 19.6 Å². The second-order valence-corrected chi connectivity index (χ2v) is 4.47. The third-order valence-corrected chi connectivity index (χ3v) is 3.01. The summed E-state index contributed by atoms with van der Waals surface area (Å²) < 4.78 is 5.05. The normalized spacial score (nSPS) is 12.0. The van der Waals surface area contributed by atoms with Crippen LogP contribution in [0.2, 0.25) is 5.02 Å². The quantitative estimate of drug-likeness (QED) is 0.835. The SMILES string of the molecule is CCCC(CN)C(=O)Nc1ccc(OC)c(Cl)c1. The number of halogens is 1. The van der Waals surface area contributed by atoms with E-state index in [0.29, 0.717) is 23.0 Å². The van der Waals surface area contributed by atoms with E-state index in [1.165, 1.54) is 0 Å². The van der Waals surface area contributed by atoms with E-state index in [0.717, 1.165) is 12.8 Å². The average molecular weight is 271 g/mol. The fourth-order valence-electron chi connectivity index (χ4n) is 1.69. The van der Waals surface area contributed by atoms with Crippen LogP contribution in [0.5, 0.6) is 5.75 Å². The number of anilines is 1. The minimum absolute atomic E-state index is 0.0689. The van der Waals surface area contributed by atoms with E-state index in [-0.39, 0.29) is 11.8 Å². The zero-order chi connectivity index (χ0) is 13.5. The lowest BCUT2D eigenvalue weighted by atomic mass is 10.0. The lowest BCUT2D eigenvalue weighted by Gasteiger charge is -2.14. The van der Waals surface area contributed by atoms with Crippen LogP contribution in [0.15, 0.2) is 18.2 Å². The van der Waals surface area contributed by atoms with Gasteiger partial charge in [-0.05, 0) is 24.6 Å². The summed E-state index contributed by atoms with van der Waals surface area (Å²) in [7, 11) is 1.55. The van der Waals surface area contributed by atoms with Crippen LogP contribution in [0.4, 0.5) is 5.69 Å². The fraction of sp³-hybridized carbons (Fsp3) is 0.462. The van der Waals surface area contributed by atoms with Gasteiger partial charge in [-0.1, -0.05) is 24.9 Å². The molecule has 0 aromatic heterocycles. The molecule has 1 aromatic rings. The third kappa shape index (κ3) is 3.89. The summed E-state index contributed by atoms with van der Waals surface area (Å²) in [6.45, 7) is 2.38. The number of nitrogens with two attached hydrogens (primary N) is 1. The van der Waals surface area contributed by atoms with Crippen molar-refractivity contribution in [1.82, 2.24) is 0 Å². The van der Waals surface area contributed by atoms with E-state index in [4.69, 9.17) is 22.1 Å². The van der Waals surface area contributed by atoms with Crippen LogP contribution in [0.3, 0.4) is 0 Å². The Hall–Kier alpha value is -1.26. The highest BCUT2D eigenvalue weighted by Gasteiger charge is 2.16. The van der Waals surface area contributed by atoms with Crippen molar-refractivity contribution in [3.05, 3.63) is 23.2 Å². The van der Waals surface area contributed by atoms with E-state index in [1.807, 2.05) is 6.92 Å². The molecule has 1 atom stereocenters. The van der Waals surface area contributed by atoms with E-state index >= 15 is 0 Å². The Kier molecular flexibility index (Phi) is 5.95. The van der Waals surface area contributed by atoms with Crippen molar-refractivity contribution in [2.75, 3.05) is 19.0 Å². The Labute approximate surface area is 112 Å². The molecule has 100 valence electrons. The zero-order valence-corrected chi connectivity index (χ0v) is 11.5. The molecule has 0 saturated carbocycles. The zero-order valence-electron chi connectivity index (χ0n) is 10.7. The molecule has 4 nitrogen and oxygen atoms in total. The number of methoxy groups -OCH3 is 1. The van der Waals surface area contributed by atoms with Crippen molar-refractivity contribution in [2.24, 2.45) is 11.7 Å². The van der Waals surface area contributed by atoms with Crippen molar-refractivity contribution in [3.63, 3.8) is 0 Å². The molecule has 0 radical (unpaired) electrons. The van der Waals surface area contributed by atoms with Crippen molar-refractivity contribution in [2.45, 2.75) is 19.8 Å². The number of nitrogens with one attached hydrogen (secondary N) is 1. The van der Waals surface area contributed by atoms with Gasteiger partial charge in [-0.3, -0.25) is 4.79 Å². The molecule has 1 aromatic carbocycles. The molecule has 0 aliphatic heterocycles. The van der Waals surface area contributed by atoms with E-state index in [9.17, 15) is 4.79 Å². The molecular formula is C13H19ClN2O2. The molecule has 1 unspecified atom stereocenters. The summed E-state index contributed by atoms with van der Waals surface area (Å²) >= 11 is 5.99. The molecule has 5 heteroatoms. The summed E-state index contributed by atoms with van der Waals surface area (Å²) in [5.74, 6) is 0.357. The molecule has 0 aliphatic rings. The van der Waals surface area contributed by atoms with Crippen molar-refractivity contribution in [3.8, 4) is 5.75 Å². The highest BCUT2D eigenvalue weighted by molar-refractivity contribution is 6.32. The fourth-order valence-corrected chi connectivity index (χ4v) is 1.95. The standard InChI is InChI=1S/C13H19ClN2O2/c1-3-4-9(8-15)13(17)16-10-5-6-12(18-2)11(14)7-10/h5-7,9H,3-4,8,15H2,1-2H3,(H,16,17). The van der Waals surface area contributed by atoms with Gasteiger partial charge < -0.3 is 15.8 Å². The monoisotopic (exact) mass is 270 g/mol. The minimum atomic E-state index is -0.157. The Morgan fingerprint density at radius 2 is 2.28 bits per heavy atom. The van der Waals surface area contributed by atoms with Crippen molar-refractivity contribution in [1.29, 1.82) is 0 Å². The second kappa shape index (κ2) is 7.24. The van der Waals surface area contributed by atoms with Crippen molar-refractivity contribution < 1.29 is 9.53 Å². The highest BCUT2D eigenvalue weighted by atomic mass is 35.5. The molecule has 3 N–H and O–H groups in total. The lowest BCUT2D eigenvalue weighted by molar-refractivity contribution is -0.119. The number of hydrogen-bond donors (Lipinski definition) is 2.